The normalized spacial score (nSPS) is 13.0. The molecule has 0 spiro atoms. The van der Waals surface area contributed by atoms with Crippen molar-refractivity contribution in [3.63, 3.8) is 0 Å². The summed E-state index contributed by atoms with van der Waals surface area (Å²) in [6, 6.07) is 153. The smallest absolute Gasteiger partial charge is 0.124 e. The average molecular weight is 1710 g/mol. The third-order valence-corrected chi connectivity index (χ3v) is 25.5. The van der Waals surface area contributed by atoms with E-state index in [1.54, 1.807) is 22.7 Å². The van der Waals surface area contributed by atoms with Crippen molar-refractivity contribution < 1.29 is 0 Å². The van der Waals surface area contributed by atoms with Crippen LogP contribution in [-0.2, 0) is 0 Å². The Morgan fingerprint density at radius 3 is 1.03 bits per heavy atom. The van der Waals surface area contributed by atoms with Crippen LogP contribution in [0.25, 0.3) is 108 Å². The van der Waals surface area contributed by atoms with E-state index in [4.69, 9.17) is 20.5 Å². The van der Waals surface area contributed by atoms with Crippen LogP contribution in [0.4, 0.5) is 68.2 Å². The van der Waals surface area contributed by atoms with E-state index in [0.717, 1.165) is 183 Å². The zero-order valence-corrected chi connectivity index (χ0v) is 72.1. The van der Waals surface area contributed by atoms with Gasteiger partial charge in [-0.05, 0) is 285 Å². The number of rotatable bonds is 24. The van der Waals surface area contributed by atoms with Gasteiger partial charge >= 0.3 is 0 Å². The predicted molar refractivity (Wildman–Crippen MR) is 548 cm³/mol. The fraction of sp³-hybridized carbons (Fsp3) is 0. The van der Waals surface area contributed by atoms with Crippen molar-refractivity contribution in [1.82, 2.24) is 9.97 Å². The Kier molecular flexibility index (Phi) is 22.3. The van der Waals surface area contributed by atoms with E-state index < -0.39 is 0 Å². The third kappa shape index (κ3) is 17.1. The Balaban J connectivity index is 0.526. The van der Waals surface area contributed by atoms with Gasteiger partial charge in [0.15, 0.2) is 0 Å². The quantitative estimate of drug-likeness (QED) is 0.0347. The molecule has 618 valence electrons. The van der Waals surface area contributed by atoms with Gasteiger partial charge in [-0.15, -0.1) is 22.7 Å². The fourth-order valence-corrected chi connectivity index (χ4v) is 18.7. The molecule has 0 atom stereocenters. The van der Waals surface area contributed by atoms with Gasteiger partial charge in [-0.1, -0.05) is 255 Å². The van der Waals surface area contributed by atoms with Gasteiger partial charge in [-0.2, -0.15) is 10.2 Å². The molecular weight excluding hydrogens is 1630 g/mol. The molecule has 21 rings (SSSR count). The standard InChI is InChI=1S/C116H82N12S2/c117-107-72-69-104(128(96-34-14-5-15-35-96)102-65-52-84(53-66-102)88-23-20-22-87(74-88)83-50-63-101(64-51-83)127(95-32-12-4-13-33-95)103-70-73-109(108(118)77-103)123-121-91-25-6-1-7-26-91)78-112(107)124-122-92-27-21-24-89(75-92)106-76-90(116-120-111-37-17-19-39-114(111)130-116)56-71-105(106)85-54-67-100(68-55-85)126(94-30-10-3-11-31-94)99-61-48-82(49-62-99)81-46-59-98(60-47-81)125(93-28-8-2-9-29-93)97-57-44-80(45-58-97)79-40-42-86(43-41-79)115-119-110-36-16-18-38-113(110)129-115/h1-78,117-118,121-122H/b117-107?,118-108?,123-109-,124-112-. The highest BCUT2D eigenvalue weighted by atomic mass is 32.1. The van der Waals surface area contributed by atoms with Gasteiger partial charge in [0, 0.05) is 79.4 Å². The number of hydrogen-bond donors (Lipinski definition) is 4. The second kappa shape index (κ2) is 36.3. The minimum Gasteiger partial charge on any atom is -0.311 e. The van der Waals surface area contributed by atoms with Crippen molar-refractivity contribution >= 4 is 134 Å². The first-order valence-electron chi connectivity index (χ1n) is 43.1. The Hall–Kier alpha value is -17.0. The highest BCUT2D eigenvalue weighted by Crippen LogP contribution is 2.45. The number of hydrazone groups is 2. The summed E-state index contributed by atoms with van der Waals surface area (Å²) in [6.45, 7) is 0. The zero-order valence-electron chi connectivity index (χ0n) is 70.4. The molecule has 0 amide bonds. The number of aromatic nitrogens is 2. The van der Waals surface area contributed by atoms with Crippen LogP contribution in [0.1, 0.15) is 0 Å². The van der Waals surface area contributed by atoms with E-state index >= 15 is 0 Å². The number of thiazole rings is 2. The molecule has 2 aliphatic carbocycles. The number of benzene rings is 17. The third-order valence-electron chi connectivity index (χ3n) is 23.3. The minimum absolute atomic E-state index is 0.279. The summed E-state index contributed by atoms with van der Waals surface area (Å²) < 4.78 is 2.32. The predicted octanol–water partition coefficient (Wildman–Crippen LogP) is 31.3. The Bertz CT molecular complexity index is 7500. The number of para-hydroxylation sites is 7. The molecule has 14 heteroatoms. The van der Waals surface area contributed by atoms with Crippen LogP contribution < -0.4 is 30.5 Å². The SMILES string of the molecule is N=C1C=C(N(c2ccccc2)c2ccc(-c3cccc(-c4ccc(N(C5=C/C(=N/Nc6cccc(-c7cc(-c8nc9ccccc9s8)ccc7-c7ccc(N(c8ccccc8)c8ccc(-c9ccc(N(c%10ccccc%10)c%10ccc(-c%11ccc(-c%12nc%13ccccc%13s%12)cc%11)cc%10)cc9)cc8)cc7)c6)C(=N)C=C5)c5ccccc5)cc4)c3)cc2)C=C/C1=N/Nc1ccccc1. The molecule has 17 aromatic carbocycles. The topological polar surface area (TPSA) is 135 Å². The summed E-state index contributed by atoms with van der Waals surface area (Å²) in [5.41, 5.74) is 38.7. The Morgan fingerprint density at radius 2 is 0.562 bits per heavy atom. The van der Waals surface area contributed by atoms with Crippen molar-refractivity contribution in [1.29, 1.82) is 10.8 Å². The Labute approximate surface area is 762 Å². The van der Waals surface area contributed by atoms with E-state index in [-0.39, 0.29) is 5.71 Å². The maximum absolute atomic E-state index is 9.29. The second-order valence-corrected chi connectivity index (χ2v) is 33.7. The Morgan fingerprint density at radius 1 is 0.223 bits per heavy atom. The highest BCUT2D eigenvalue weighted by Gasteiger charge is 2.24. The number of nitrogens with zero attached hydrogens (tertiary/aromatic N) is 8. The molecule has 130 heavy (non-hydrogen) atoms. The van der Waals surface area contributed by atoms with Crippen molar-refractivity contribution in [2.75, 3.05) is 30.5 Å². The van der Waals surface area contributed by atoms with Crippen molar-refractivity contribution in [2.45, 2.75) is 0 Å². The first-order chi connectivity index (χ1) is 64.2. The maximum Gasteiger partial charge on any atom is 0.124 e. The van der Waals surface area contributed by atoms with Crippen LogP contribution in [-0.4, -0.2) is 32.8 Å². The molecule has 0 saturated heterocycles. The molecule has 2 heterocycles. The molecule has 0 aliphatic heterocycles. The van der Waals surface area contributed by atoms with Crippen molar-refractivity contribution in [3.05, 3.63) is 485 Å². The summed E-state index contributed by atoms with van der Waals surface area (Å²) in [6.07, 6.45) is 11.5. The van der Waals surface area contributed by atoms with E-state index in [2.05, 4.69) is 387 Å². The molecule has 2 aliphatic rings. The molecular formula is C116H82N12S2. The number of nitrogens with one attached hydrogen (secondary N) is 4. The monoisotopic (exact) mass is 1710 g/mol. The minimum atomic E-state index is 0.279. The molecule has 0 fully saturated rings. The van der Waals surface area contributed by atoms with E-state index in [9.17, 15) is 5.41 Å². The lowest BCUT2D eigenvalue weighted by Crippen LogP contribution is -2.22. The van der Waals surface area contributed by atoms with Crippen molar-refractivity contribution in [2.24, 2.45) is 10.2 Å². The van der Waals surface area contributed by atoms with Crippen LogP contribution in [0.5, 0.6) is 0 Å². The molecule has 0 saturated carbocycles. The van der Waals surface area contributed by atoms with Gasteiger partial charge in [0.1, 0.15) is 21.4 Å². The molecule has 0 bridgehead atoms. The molecule has 4 N–H and O–H groups in total. The van der Waals surface area contributed by atoms with E-state index in [1.165, 1.54) is 4.70 Å². The summed E-state index contributed by atoms with van der Waals surface area (Å²) >= 11 is 3.42. The van der Waals surface area contributed by atoms with Gasteiger partial charge in [0.05, 0.1) is 43.2 Å². The van der Waals surface area contributed by atoms with E-state index in [1.807, 2.05) is 121 Å². The first kappa shape index (κ1) is 80.1. The van der Waals surface area contributed by atoms with Gasteiger partial charge in [0.25, 0.3) is 0 Å². The summed E-state index contributed by atoms with van der Waals surface area (Å²) in [5.74, 6) is 0. The number of fused-ring (bicyclic) bond motifs is 2. The van der Waals surface area contributed by atoms with Crippen LogP contribution in [0, 0.1) is 10.8 Å². The highest BCUT2D eigenvalue weighted by molar-refractivity contribution is 7.22. The summed E-state index contributed by atoms with van der Waals surface area (Å²) in [4.78, 5) is 19.0. The van der Waals surface area contributed by atoms with Crippen molar-refractivity contribution in [3.8, 4) is 87.9 Å². The molecule has 2 aromatic heterocycles. The van der Waals surface area contributed by atoms with Gasteiger partial charge in [-0.3, -0.25) is 21.7 Å². The van der Waals surface area contributed by atoms with E-state index in [0.29, 0.717) is 17.1 Å². The molecule has 0 unspecified atom stereocenters. The maximum atomic E-state index is 9.29. The molecule has 19 aromatic rings. The average Bonchev–Trinajstić information content (AvgIpc) is 1.26. The summed E-state index contributed by atoms with van der Waals surface area (Å²) in [7, 11) is 0. The lowest BCUT2D eigenvalue weighted by Gasteiger charge is -2.28. The number of hydrogen-bond acceptors (Lipinski definition) is 14. The molecule has 12 nitrogen and oxygen atoms in total. The number of allylic oxidation sites excluding steroid dienone is 6. The second-order valence-electron chi connectivity index (χ2n) is 31.7. The van der Waals surface area contributed by atoms with Gasteiger partial charge in [0.2, 0.25) is 0 Å². The van der Waals surface area contributed by atoms with Crippen LogP contribution >= 0.6 is 22.7 Å². The summed E-state index contributed by atoms with van der Waals surface area (Å²) in [5, 5.41) is 29.8. The largest absolute Gasteiger partial charge is 0.311 e. The van der Waals surface area contributed by atoms with Gasteiger partial charge < -0.3 is 19.6 Å². The lowest BCUT2D eigenvalue weighted by atomic mass is 9.92. The van der Waals surface area contributed by atoms with Gasteiger partial charge in [-0.25, -0.2) is 9.97 Å². The van der Waals surface area contributed by atoms with Crippen LogP contribution in [0.3, 0.4) is 0 Å². The van der Waals surface area contributed by atoms with Crippen LogP contribution in [0.15, 0.2) is 495 Å². The zero-order chi connectivity index (χ0) is 87.1. The molecule has 0 radical (unpaired) electrons. The van der Waals surface area contributed by atoms with Crippen LogP contribution in [0.2, 0.25) is 0 Å². The fourth-order valence-electron chi connectivity index (χ4n) is 16.8. The lowest BCUT2D eigenvalue weighted by molar-refractivity contribution is 1.21. The number of anilines is 12. The first-order valence-corrected chi connectivity index (χ1v) is 44.7.